The molecule has 1 N–H and O–H groups in total. The summed E-state index contributed by atoms with van der Waals surface area (Å²) in [6, 6.07) is 15.4. The average molecular weight is 774 g/mol. The lowest BCUT2D eigenvalue weighted by atomic mass is 9.97. The second kappa shape index (κ2) is 31.7. The average Bonchev–Trinajstić information content (AvgIpc) is 3.17. The van der Waals surface area contributed by atoms with Gasteiger partial charge in [0.2, 0.25) is 0 Å². The van der Waals surface area contributed by atoms with E-state index in [1.54, 1.807) is 19.6 Å². The maximum Gasteiger partial charge on any atom is 0.188 e. The maximum absolute atomic E-state index is 12.3. The van der Waals surface area contributed by atoms with E-state index in [0.29, 0.717) is 17.6 Å². The molecular weight excluding hydrogens is 701 g/mol. The van der Waals surface area contributed by atoms with Crippen LogP contribution in [0.25, 0.3) is 0 Å². The second-order valence-electron chi connectivity index (χ2n) is 14.5. The van der Waals surface area contributed by atoms with Crippen molar-refractivity contribution in [2.75, 3.05) is 45.8 Å². The minimum absolute atomic E-state index is 0. The van der Waals surface area contributed by atoms with E-state index in [1.165, 1.54) is 96.0 Å². The summed E-state index contributed by atoms with van der Waals surface area (Å²) in [5.74, 6) is 0.659. The van der Waals surface area contributed by atoms with Crippen LogP contribution < -0.4 is 30.1 Å². The molecule has 8 heteroatoms. The third kappa shape index (κ3) is 24.4. The number of likely N-dealkylation sites (tertiary alicyclic amines) is 1. The SMILES string of the molecule is C1CCNCC1.C=C(C)C(=O)c1ccc(C)cc1.CCC(C)=O.CCC(C)=[N+]1CCCCC1.Cc1ccc(C(=O)C(C)CN2CCCCC2)cc1.[Cl-].[Cl-]. The lowest BCUT2D eigenvalue weighted by Crippen LogP contribution is -3.00. The predicted octanol–water partition coefficient (Wildman–Crippen LogP) is 3.86. The zero-order valence-corrected chi connectivity index (χ0v) is 36.0. The molecule has 1 unspecified atom stereocenters. The number of hydrogen-bond acceptors (Lipinski definition) is 5. The highest BCUT2D eigenvalue weighted by molar-refractivity contribution is 6.07. The summed E-state index contributed by atoms with van der Waals surface area (Å²) in [6.45, 7) is 27.7. The Bertz CT molecular complexity index is 1310. The lowest BCUT2D eigenvalue weighted by molar-refractivity contribution is -0.538. The summed E-state index contributed by atoms with van der Waals surface area (Å²) in [7, 11) is 0. The van der Waals surface area contributed by atoms with Crippen molar-refractivity contribution in [3.63, 3.8) is 0 Å². The normalized spacial score (nSPS) is 15.5. The van der Waals surface area contributed by atoms with E-state index in [1.807, 2.05) is 69.3 Å². The highest BCUT2D eigenvalue weighted by atomic mass is 35.5. The van der Waals surface area contributed by atoms with Crippen LogP contribution in [0.1, 0.15) is 144 Å². The summed E-state index contributed by atoms with van der Waals surface area (Å²) in [4.78, 5) is 35.9. The molecular formula is C45H72Cl2N3O3-. The van der Waals surface area contributed by atoms with Crippen LogP contribution in [0.4, 0.5) is 0 Å². The molecule has 3 aliphatic rings. The molecule has 2 aromatic rings. The highest BCUT2D eigenvalue weighted by Crippen LogP contribution is 2.15. The number of carbonyl (C=O) groups is 3. The molecule has 3 heterocycles. The minimum atomic E-state index is 0. The van der Waals surface area contributed by atoms with Gasteiger partial charge in [0, 0.05) is 56.2 Å². The van der Waals surface area contributed by atoms with Gasteiger partial charge in [0.1, 0.15) is 24.6 Å². The smallest absolute Gasteiger partial charge is 0.188 e. The Kier molecular flexibility index (Phi) is 31.4. The summed E-state index contributed by atoms with van der Waals surface area (Å²) >= 11 is 0. The first-order valence-electron chi connectivity index (χ1n) is 19.8. The second-order valence-corrected chi connectivity index (χ2v) is 14.5. The first kappa shape index (κ1) is 52.5. The molecule has 1 atom stereocenters. The molecule has 2 aromatic carbocycles. The Morgan fingerprint density at radius 3 is 1.51 bits per heavy atom. The number of carbonyl (C=O) groups excluding carboxylic acids is 3. The molecule has 0 amide bonds. The van der Waals surface area contributed by atoms with Crippen molar-refractivity contribution in [3.8, 4) is 0 Å². The zero-order chi connectivity index (χ0) is 38.0. The number of benzene rings is 2. The molecule has 3 aliphatic heterocycles. The van der Waals surface area contributed by atoms with E-state index >= 15 is 0 Å². The summed E-state index contributed by atoms with van der Waals surface area (Å²) in [5, 5.41) is 3.28. The van der Waals surface area contributed by atoms with Gasteiger partial charge in [-0.1, -0.05) is 99.8 Å². The highest BCUT2D eigenvalue weighted by Gasteiger charge is 2.20. The van der Waals surface area contributed by atoms with Crippen LogP contribution in [0.3, 0.4) is 0 Å². The Morgan fingerprint density at radius 1 is 0.698 bits per heavy atom. The molecule has 6 nitrogen and oxygen atoms in total. The monoisotopic (exact) mass is 772 g/mol. The Morgan fingerprint density at radius 2 is 1.13 bits per heavy atom. The first-order chi connectivity index (χ1) is 24.4. The Balaban J connectivity index is 0. The standard InChI is InChI=1S/C16H23NO.C11H12O.C9H18N.C5H11N.C4H8O.2ClH/c1-13-6-8-15(9-7-13)16(18)14(2)12-17-10-4-3-5-11-17;1-8(2)11(12)10-6-4-9(3)5-7-10;1-3-9(2)10-7-5-4-6-8-10;1-2-4-6-5-3-1;1-3-4(2)5;;/h6-9,14H,3-5,10-12H2,1-2H3;4-7H,1H2,2-3H3;3-8H2,1-2H3;6H,1-5H2;3H2,1-2H3;2*1H/q;;+1;;;;/p-2. The fraction of sp³-hybridized carbons (Fsp3) is 0.600. The van der Waals surface area contributed by atoms with Crippen LogP contribution in [0, 0.1) is 19.8 Å². The van der Waals surface area contributed by atoms with Gasteiger partial charge in [0.05, 0.1) is 0 Å². The molecule has 0 aromatic heterocycles. The van der Waals surface area contributed by atoms with Crippen LogP contribution in [0.5, 0.6) is 0 Å². The number of rotatable bonds is 8. The van der Waals surface area contributed by atoms with Crippen LogP contribution in [0.15, 0.2) is 60.7 Å². The van der Waals surface area contributed by atoms with Gasteiger partial charge in [0.25, 0.3) is 0 Å². The van der Waals surface area contributed by atoms with Crippen molar-refractivity contribution in [2.24, 2.45) is 5.92 Å². The molecule has 5 rings (SSSR count). The molecule has 0 radical (unpaired) electrons. The van der Waals surface area contributed by atoms with Crippen LogP contribution in [0.2, 0.25) is 0 Å². The number of nitrogens with zero attached hydrogens (tertiary/aromatic N) is 2. The van der Waals surface area contributed by atoms with Crippen LogP contribution in [-0.4, -0.2) is 78.4 Å². The number of nitrogens with one attached hydrogen (secondary N) is 1. The summed E-state index contributed by atoms with van der Waals surface area (Å²) in [5.41, 5.74) is 6.08. The van der Waals surface area contributed by atoms with Gasteiger partial charge in [-0.05, 0) is 91.6 Å². The van der Waals surface area contributed by atoms with Gasteiger partial charge < -0.3 is 39.8 Å². The molecule has 0 spiro atoms. The molecule has 53 heavy (non-hydrogen) atoms. The number of hydrogen-bond donors (Lipinski definition) is 1. The van der Waals surface area contributed by atoms with E-state index < -0.39 is 0 Å². The van der Waals surface area contributed by atoms with Crippen molar-refractivity contribution in [1.29, 1.82) is 0 Å². The fourth-order valence-electron chi connectivity index (χ4n) is 5.87. The van der Waals surface area contributed by atoms with E-state index in [4.69, 9.17) is 0 Å². The quantitative estimate of drug-likeness (QED) is 0.251. The third-order valence-corrected chi connectivity index (χ3v) is 9.58. The topological polar surface area (TPSA) is 69.5 Å². The maximum atomic E-state index is 12.3. The van der Waals surface area contributed by atoms with Crippen molar-refractivity contribution < 1.29 is 43.8 Å². The van der Waals surface area contributed by atoms with Gasteiger partial charge >= 0.3 is 0 Å². The van der Waals surface area contributed by atoms with Crippen LogP contribution >= 0.6 is 0 Å². The van der Waals surface area contributed by atoms with Gasteiger partial charge in [-0.2, -0.15) is 0 Å². The van der Waals surface area contributed by atoms with E-state index in [9.17, 15) is 14.4 Å². The predicted molar refractivity (Wildman–Crippen MR) is 218 cm³/mol. The summed E-state index contributed by atoms with van der Waals surface area (Å²) < 4.78 is 2.53. The van der Waals surface area contributed by atoms with E-state index in [2.05, 4.69) is 42.1 Å². The number of piperidine rings is 3. The van der Waals surface area contributed by atoms with Crippen LogP contribution in [-0.2, 0) is 4.79 Å². The molecule has 0 bridgehead atoms. The molecule has 0 saturated carbocycles. The Hall–Kier alpha value is -2.64. The number of allylic oxidation sites excluding steroid dienone is 1. The lowest BCUT2D eigenvalue weighted by Gasteiger charge is -2.28. The minimum Gasteiger partial charge on any atom is -1.00 e. The molecule has 300 valence electrons. The van der Waals surface area contributed by atoms with Crippen molar-refractivity contribution in [3.05, 3.63) is 82.9 Å². The largest absolute Gasteiger partial charge is 1.00 e. The van der Waals surface area contributed by atoms with Gasteiger partial charge in [-0.25, -0.2) is 4.58 Å². The van der Waals surface area contributed by atoms with Crippen molar-refractivity contribution >= 4 is 23.1 Å². The van der Waals surface area contributed by atoms with E-state index in [-0.39, 0.29) is 48.1 Å². The summed E-state index contributed by atoms with van der Waals surface area (Å²) in [6.07, 6.45) is 14.3. The number of halogens is 2. The molecule has 3 saturated heterocycles. The molecule has 0 aliphatic carbocycles. The Labute approximate surface area is 336 Å². The van der Waals surface area contributed by atoms with Gasteiger partial charge in [0.15, 0.2) is 11.6 Å². The van der Waals surface area contributed by atoms with Gasteiger partial charge in [-0.15, -0.1) is 0 Å². The number of ketones is 3. The van der Waals surface area contributed by atoms with Gasteiger partial charge in [-0.3, -0.25) is 9.59 Å². The number of aryl methyl sites for hydroxylation is 2. The zero-order valence-electron chi connectivity index (χ0n) is 34.5. The molecule has 3 fully saturated rings. The number of Topliss-reactive ketones (excluding diaryl/α,β-unsaturated/α-hetero) is 3. The van der Waals surface area contributed by atoms with Crippen molar-refractivity contribution in [1.82, 2.24) is 10.2 Å². The van der Waals surface area contributed by atoms with E-state index in [0.717, 1.165) is 30.8 Å². The fourth-order valence-corrected chi connectivity index (χ4v) is 5.87. The third-order valence-electron chi connectivity index (χ3n) is 9.58. The van der Waals surface area contributed by atoms with Crippen molar-refractivity contribution in [2.45, 2.75) is 126 Å². The first-order valence-corrected chi connectivity index (χ1v) is 19.8.